The Morgan fingerprint density at radius 2 is 2.05 bits per heavy atom. The van der Waals surface area contributed by atoms with E-state index in [9.17, 15) is 9.90 Å². The summed E-state index contributed by atoms with van der Waals surface area (Å²) >= 11 is 0. The molecule has 0 aliphatic heterocycles. The Hall–Kier alpha value is -1.61. The summed E-state index contributed by atoms with van der Waals surface area (Å²) in [4.78, 5) is 11.1. The largest absolute Gasteiger partial charge is 0.463 e. The Morgan fingerprint density at radius 3 is 2.68 bits per heavy atom. The first-order chi connectivity index (χ1) is 9.13. The molecule has 0 fully saturated rings. The third kappa shape index (κ3) is 6.20. The number of hydrogen-bond acceptors (Lipinski definition) is 3. The summed E-state index contributed by atoms with van der Waals surface area (Å²) in [7, 11) is 0. The summed E-state index contributed by atoms with van der Waals surface area (Å²) in [6.45, 7) is 4.23. The van der Waals surface area contributed by atoms with Gasteiger partial charge in [0.15, 0.2) is 0 Å². The van der Waals surface area contributed by atoms with Gasteiger partial charge in [0.1, 0.15) is 0 Å². The van der Waals surface area contributed by atoms with Gasteiger partial charge in [0, 0.05) is 6.08 Å². The number of carbonyl (C=O) groups is 1. The van der Waals surface area contributed by atoms with Gasteiger partial charge < -0.3 is 9.84 Å². The van der Waals surface area contributed by atoms with Crippen LogP contribution >= 0.6 is 0 Å². The SMILES string of the molecule is CCOC(=O)/C=C/C[C@@H](O)C[C@@H](C)c1ccccc1. The molecule has 1 aromatic carbocycles. The van der Waals surface area contributed by atoms with Crippen molar-refractivity contribution in [1.29, 1.82) is 0 Å². The highest BCUT2D eigenvalue weighted by molar-refractivity contribution is 5.81. The van der Waals surface area contributed by atoms with E-state index in [-0.39, 0.29) is 5.97 Å². The van der Waals surface area contributed by atoms with Crippen molar-refractivity contribution in [2.75, 3.05) is 6.61 Å². The zero-order chi connectivity index (χ0) is 14.1. The number of esters is 1. The second kappa shape index (κ2) is 8.48. The molecule has 0 heterocycles. The first kappa shape index (κ1) is 15.4. The van der Waals surface area contributed by atoms with Crippen molar-refractivity contribution in [3.8, 4) is 0 Å². The van der Waals surface area contributed by atoms with E-state index in [2.05, 4.69) is 19.1 Å². The Labute approximate surface area is 114 Å². The number of ether oxygens (including phenoxy) is 1. The van der Waals surface area contributed by atoms with Crippen molar-refractivity contribution in [2.24, 2.45) is 0 Å². The number of aliphatic hydroxyl groups excluding tert-OH is 1. The molecule has 2 atom stereocenters. The molecular weight excluding hydrogens is 240 g/mol. The lowest BCUT2D eigenvalue weighted by molar-refractivity contribution is -0.137. The van der Waals surface area contributed by atoms with E-state index in [1.807, 2.05) is 18.2 Å². The van der Waals surface area contributed by atoms with Crippen molar-refractivity contribution in [3.63, 3.8) is 0 Å². The number of hydrogen-bond donors (Lipinski definition) is 1. The van der Waals surface area contributed by atoms with E-state index in [0.29, 0.717) is 25.4 Å². The van der Waals surface area contributed by atoms with E-state index in [1.54, 1.807) is 13.0 Å². The van der Waals surface area contributed by atoms with Crippen LogP contribution in [0.2, 0.25) is 0 Å². The molecule has 1 N–H and O–H groups in total. The smallest absolute Gasteiger partial charge is 0.330 e. The highest BCUT2D eigenvalue weighted by atomic mass is 16.5. The minimum Gasteiger partial charge on any atom is -0.463 e. The molecule has 0 spiro atoms. The van der Waals surface area contributed by atoms with Crippen LogP contribution in [0.15, 0.2) is 42.5 Å². The molecule has 3 nitrogen and oxygen atoms in total. The third-order valence-corrected chi connectivity index (χ3v) is 2.94. The highest BCUT2D eigenvalue weighted by Crippen LogP contribution is 2.21. The van der Waals surface area contributed by atoms with Crippen LogP contribution in [0.1, 0.15) is 38.2 Å². The first-order valence-corrected chi connectivity index (χ1v) is 6.69. The van der Waals surface area contributed by atoms with Gasteiger partial charge in [-0.15, -0.1) is 0 Å². The van der Waals surface area contributed by atoms with Crippen molar-refractivity contribution >= 4 is 5.97 Å². The van der Waals surface area contributed by atoms with Crippen molar-refractivity contribution in [2.45, 2.75) is 38.7 Å². The lowest BCUT2D eigenvalue weighted by Gasteiger charge is -2.15. The van der Waals surface area contributed by atoms with E-state index >= 15 is 0 Å². The maximum Gasteiger partial charge on any atom is 0.330 e. The van der Waals surface area contributed by atoms with Crippen molar-refractivity contribution in [3.05, 3.63) is 48.0 Å². The predicted octanol–water partition coefficient (Wildman–Crippen LogP) is 3.05. The molecule has 0 unspecified atom stereocenters. The number of aliphatic hydroxyl groups is 1. The number of carbonyl (C=O) groups excluding carboxylic acids is 1. The van der Waals surface area contributed by atoms with E-state index in [1.165, 1.54) is 11.6 Å². The van der Waals surface area contributed by atoms with Crippen molar-refractivity contribution in [1.82, 2.24) is 0 Å². The van der Waals surface area contributed by atoms with Crippen LogP contribution < -0.4 is 0 Å². The highest BCUT2D eigenvalue weighted by Gasteiger charge is 2.10. The van der Waals surface area contributed by atoms with Gasteiger partial charge in [-0.3, -0.25) is 0 Å². The van der Waals surface area contributed by atoms with Gasteiger partial charge in [-0.2, -0.15) is 0 Å². The van der Waals surface area contributed by atoms with Gasteiger partial charge in [-0.25, -0.2) is 4.79 Å². The second-order valence-electron chi connectivity index (χ2n) is 4.59. The summed E-state index contributed by atoms with van der Waals surface area (Å²) < 4.78 is 4.77. The Morgan fingerprint density at radius 1 is 1.37 bits per heavy atom. The average Bonchev–Trinajstić information content (AvgIpc) is 2.40. The maximum absolute atomic E-state index is 11.1. The molecule has 19 heavy (non-hydrogen) atoms. The minimum absolute atomic E-state index is 0.298. The first-order valence-electron chi connectivity index (χ1n) is 6.69. The van der Waals surface area contributed by atoms with Crippen LogP contribution in [0.3, 0.4) is 0 Å². The Kier molecular flexibility index (Phi) is 6.90. The van der Waals surface area contributed by atoms with E-state index in [0.717, 1.165) is 0 Å². The molecule has 3 heteroatoms. The zero-order valence-corrected chi connectivity index (χ0v) is 11.6. The molecule has 0 amide bonds. The van der Waals surface area contributed by atoms with Gasteiger partial charge in [0.25, 0.3) is 0 Å². The molecular formula is C16H22O3. The topological polar surface area (TPSA) is 46.5 Å². The molecule has 0 saturated carbocycles. The Balaban J connectivity index is 2.35. The Bertz CT molecular complexity index is 398. The van der Waals surface area contributed by atoms with Crippen LogP contribution in [0.5, 0.6) is 0 Å². The third-order valence-electron chi connectivity index (χ3n) is 2.94. The summed E-state index contributed by atoms with van der Waals surface area (Å²) in [5.74, 6) is -0.0574. The van der Waals surface area contributed by atoms with Gasteiger partial charge in [-0.1, -0.05) is 43.3 Å². The predicted molar refractivity (Wildman–Crippen MR) is 75.9 cm³/mol. The quantitative estimate of drug-likeness (QED) is 0.607. The molecule has 0 aromatic heterocycles. The van der Waals surface area contributed by atoms with Gasteiger partial charge in [0.2, 0.25) is 0 Å². The summed E-state index contributed by atoms with van der Waals surface area (Å²) in [5.41, 5.74) is 1.22. The molecule has 0 aliphatic carbocycles. The molecule has 0 aliphatic rings. The normalized spacial score (nSPS) is 14.3. The maximum atomic E-state index is 11.1. The van der Waals surface area contributed by atoms with Crippen LogP contribution in [-0.2, 0) is 9.53 Å². The van der Waals surface area contributed by atoms with Gasteiger partial charge >= 0.3 is 5.97 Å². The number of benzene rings is 1. The summed E-state index contributed by atoms with van der Waals surface area (Å²) in [6, 6.07) is 10.1. The minimum atomic E-state index is -0.444. The molecule has 104 valence electrons. The van der Waals surface area contributed by atoms with E-state index < -0.39 is 6.10 Å². The standard InChI is InChI=1S/C16H22O3/c1-3-19-16(18)11-7-10-15(17)12-13(2)14-8-5-4-6-9-14/h4-9,11,13,15,17H,3,10,12H2,1-2H3/b11-7+/t13-,15-/m1/s1. The van der Waals surface area contributed by atoms with Crippen LogP contribution in [0, 0.1) is 0 Å². The number of rotatable bonds is 7. The molecule has 0 bridgehead atoms. The van der Waals surface area contributed by atoms with Crippen LogP contribution in [-0.4, -0.2) is 23.8 Å². The molecule has 1 rings (SSSR count). The van der Waals surface area contributed by atoms with Crippen LogP contribution in [0.25, 0.3) is 0 Å². The molecule has 0 saturated heterocycles. The monoisotopic (exact) mass is 262 g/mol. The summed E-state index contributed by atoms with van der Waals surface area (Å²) in [5, 5.41) is 9.92. The lowest BCUT2D eigenvalue weighted by atomic mass is 9.94. The fourth-order valence-corrected chi connectivity index (χ4v) is 1.93. The fraction of sp³-hybridized carbons (Fsp3) is 0.438. The average molecular weight is 262 g/mol. The summed E-state index contributed by atoms with van der Waals surface area (Å²) in [6.07, 6.45) is 3.74. The van der Waals surface area contributed by atoms with Crippen molar-refractivity contribution < 1.29 is 14.6 Å². The van der Waals surface area contributed by atoms with Gasteiger partial charge in [0.05, 0.1) is 12.7 Å². The lowest BCUT2D eigenvalue weighted by Crippen LogP contribution is -2.10. The molecule has 1 aromatic rings. The fourth-order valence-electron chi connectivity index (χ4n) is 1.93. The molecule has 0 radical (unpaired) electrons. The van der Waals surface area contributed by atoms with Gasteiger partial charge in [-0.05, 0) is 31.2 Å². The van der Waals surface area contributed by atoms with Crippen LogP contribution in [0.4, 0.5) is 0 Å². The second-order valence-corrected chi connectivity index (χ2v) is 4.59. The van der Waals surface area contributed by atoms with E-state index in [4.69, 9.17) is 4.74 Å². The zero-order valence-electron chi connectivity index (χ0n) is 11.6.